The van der Waals surface area contributed by atoms with Crippen molar-refractivity contribution < 1.29 is 18.7 Å². The van der Waals surface area contributed by atoms with Crippen molar-refractivity contribution in [1.29, 1.82) is 0 Å². The van der Waals surface area contributed by atoms with Crippen LogP contribution in [-0.2, 0) is 0 Å². The normalized spacial score (nSPS) is 10.8. The van der Waals surface area contributed by atoms with Gasteiger partial charge in [-0.05, 0) is 34.6 Å². The van der Waals surface area contributed by atoms with Gasteiger partial charge in [0, 0.05) is 10.5 Å². The second-order valence-electron chi connectivity index (χ2n) is 3.98. The first-order chi connectivity index (χ1) is 10.1. The number of hydrogen-bond donors (Lipinski definition) is 0. The third-order valence-electron chi connectivity index (χ3n) is 2.67. The average Bonchev–Trinajstić information content (AvgIpc) is 2.92. The zero-order valence-electron chi connectivity index (χ0n) is 10.1. The third kappa shape index (κ3) is 2.42. The van der Waals surface area contributed by atoms with Crippen LogP contribution in [-0.4, -0.2) is 15.2 Å². The van der Waals surface area contributed by atoms with Gasteiger partial charge < -0.3 is 4.74 Å². The number of benzene rings is 2. The minimum Gasteiger partial charge on any atom is -0.452 e. The van der Waals surface area contributed by atoms with Gasteiger partial charge in [-0.3, -0.25) is 10.1 Å². The van der Waals surface area contributed by atoms with Crippen LogP contribution in [0.4, 0.5) is 10.1 Å². The van der Waals surface area contributed by atoms with E-state index in [2.05, 4.69) is 30.9 Å². The Morgan fingerprint density at radius 2 is 1.95 bits per heavy atom. The van der Waals surface area contributed by atoms with Gasteiger partial charge in [-0.1, -0.05) is 15.9 Å². The number of fused-ring (bicyclic) bond motifs is 1. The number of halogens is 2. The molecule has 0 aliphatic rings. The molecule has 0 atom stereocenters. The van der Waals surface area contributed by atoms with Crippen molar-refractivity contribution in [2.75, 3.05) is 0 Å². The molecule has 0 spiro atoms. The largest absolute Gasteiger partial charge is 0.452 e. The molecule has 0 fully saturated rings. The van der Waals surface area contributed by atoms with Crippen LogP contribution in [0.2, 0.25) is 0 Å². The van der Waals surface area contributed by atoms with Gasteiger partial charge in [0.25, 0.3) is 0 Å². The summed E-state index contributed by atoms with van der Waals surface area (Å²) >= 11 is 3.20. The number of aromatic nitrogens is 2. The second kappa shape index (κ2) is 5.09. The number of non-ortho nitro benzene ring substituents is 1. The molecule has 3 rings (SSSR count). The van der Waals surface area contributed by atoms with Gasteiger partial charge in [0.1, 0.15) is 0 Å². The predicted molar refractivity (Wildman–Crippen MR) is 72.6 cm³/mol. The summed E-state index contributed by atoms with van der Waals surface area (Å²) in [6.45, 7) is 0. The first kappa shape index (κ1) is 13.4. The summed E-state index contributed by atoms with van der Waals surface area (Å²) < 4.78 is 24.2. The molecule has 0 unspecified atom stereocenters. The fourth-order valence-electron chi connectivity index (χ4n) is 1.73. The molecule has 7 nitrogen and oxygen atoms in total. The fraction of sp³-hybridized carbons (Fsp3) is 0. The maximum Gasteiger partial charge on any atom is 0.301 e. The number of hydrogen-bond acceptors (Lipinski definition) is 6. The van der Waals surface area contributed by atoms with E-state index in [4.69, 9.17) is 4.74 Å². The Bertz CT molecular complexity index is 852. The second-order valence-corrected chi connectivity index (χ2v) is 4.89. The van der Waals surface area contributed by atoms with E-state index in [0.717, 1.165) is 0 Å². The van der Waals surface area contributed by atoms with Crippen LogP contribution in [0.1, 0.15) is 0 Å². The lowest BCUT2D eigenvalue weighted by molar-refractivity contribution is -0.383. The Kier molecular flexibility index (Phi) is 3.26. The molecule has 0 radical (unpaired) electrons. The lowest BCUT2D eigenvalue weighted by Gasteiger charge is -2.07. The van der Waals surface area contributed by atoms with Gasteiger partial charge in [0.05, 0.1) is 4.92 Å². The molecule has 0 saturated heterocycles. The minimum atomic E-state index is -0.615. The molecule has 106 valence electrons. The van der Waals surface area contributed by atoms with Crippen molar-refractivity contribution in [2.45, 2.75) is 0 Å². The van der Waals surface area contributed by atoms with E-state index in [0.29, 0.717) is 4.47 Å². The molecule has 0 aliphatic heterocycles. The van der Waals surface area contributed by atoms with E-state index in [1.54, 1.807) is 0 Å². The zero-order chi connectivity index (χ0) is 15.0. The zero-order valence-corrected chi connectivity index (χ0v) is 11.7. The first-order valence-corrected chi connectivity index (χ1v) is 6.38. The molecule has 0 amide bonds. The molecule has 0 bridgehead atoms. The molecular weight excluding hydrogens is 349 g/mol. The van der Waals surface area contributed by atoms with Crippen molar-refractivity contribution in [3.63, 3.8) is 0 Å². The van der Waals surface area contributed by atoms with E-state index >= 15 is 0 Å². The summed E-state index contributed by atoms with van der Waals surface area (Å²) in [7, 11) is 0. The van der Waals surface area contributed by atoms with Crippen molar-refractivity contribution in [2.24, 2.45) is 0 Å². The number of rotatable bonds is 3. The smallest absolute Gasteiger partial charge is 0.301 e. The van der Waals surface area contributed by atoms with Crippen LogP contribution in [0.15, 0.2) is 39.4 Å². The van der Waals surface area contributed by atoms with Crippen LogP contribution < -0.4 is 4.74 Å². The molecule has 9 heteroatoms. The summed E-state index contributed by atoms with van der Waals surface area (Å²) in [5.41, 5.74) is -0.287. The Morgan fingerprint density at radius 3 is 2.71 bits per heavy atom. The van der Waals surface area contributed by atoms with Crippen LogP contribution in [0.3, 0.4) is 0 Å². The number of ether oxygens (including phenoxy) is 1. The standard InChI is InChI=1S/C12H5BrFN3O4/c13-6-1-2-7(14)10(5-6)20-9-4-3-8(17(18)19)11-12(9)16-21-15-11/h1-5H. The van der Waals surface area contributed by atoms with Crippen LogP contribution >= 0.6 is 15.9 Å². The quantitative estimate of drug-likeness (QED) is 0.524. The minimum absolute atomic E-state index is 0.0450. The fourth-order valence-corrected chi connectivity index (χ4v) is 2.07. The molecule has 2 aromatic carbocycles. The van der Waals surface area contributed by atoms with Gasteiger partial charge in [0.2, 0.25) is 5.52 Å². The highest BCUT2D eigenvalue weighted by Crippen LogP contribution is 2.34. The van der Waals surface area contributed by atoms with E-state index in [1.807, 2.05) is 0 Å². The maximum atomic E-state index is 13.7. The summed E-state index contributed by atoms with van der Waals surface area (Å²) in [6.07, 6.45) is 0. The van der Waals surface area contributed by atoms with Crippen molar-refractivity contribution >= 4 is 32.7 Å². The van der Waals surface area contributed by atoms with Crippen molar-refractivity contribution in [3.05, 3.63) is 50.7 Å². The highest BCUT2D eigenvalue weighted by Gasteiger charge is 2.21. The Hall–Kier alpha value is -2.55. The Balaban J connectivity index is 2.10. The lowest BCUT2D eigenvalue weighted by atomic mass is 10.2. The van der Waals surface area contributed by atoms with E-state index in [1.165, 1.54) is 30.3 Å². The first-order valence-electron chi connectivity index (χ1n) is 5.59. The van der Waals surface area contributed by atoms with Crippen molar-refractivity contribution in [1.82, 2.24) is 10.3 Å². The Morgan fingerprint density at radius 1 is 1.19 bits per heavy atom. The number of nitro benzene ring substituents is 1. The summed E-state index contributed by atoms with van der Waals surface area (Å²) in [6, 6.07) is 6.67. The summed E-state index contributed by atoms with van der Waals surface area (Å²) in [4.78, 5) is 10.3. The number of nitro groups is 1. The molecule has 0 N–H and O–H groups in total. The van der Waals surface area contributed by atoms with Gasteiger partial charge in [-0.15, -0.1) is 0 Å². The van der Waals surface area contributed by atoms with Gasteiger partial charge >= 0.3 is 5.69 Å². The molecule has 21 heavy (non-hydrogen) atoms. The van der Waals surface area contributed by atoms with E-state index in [-0.39, 0.29) is 28.2 Å². The monoisotopic (exact) mass is 353 g/mol. The number of nitrogens with zero attached hydrogens (tertiary/aromatic N) is 3. The van der Waals surface area contributed by atoms with Crippen LogP contribution in [0.5, 0.6) is 11.5 Å². The van der Waals surface area contributed by atoms with Gasteiger partial charge in [0.15, 0.2) is 22.8 Å². The SMILES string of the molecule is O=[N+]([O-])c1ccc(Oc2cc(Br)ccc2F)c2nonc12. The maximum absolute atomic E-state index is 13.7. The lowest BCUT2D eigenvalue weighted by Crippen LogP contribution is -1.93. The van der Waals surface area contributed by atoms with Crippen LogP contribution in [0.25, 0.3) is 11.0 Å². The Labute approximate surface area is 124 Å². The third-order valence-corrected chi connectivity index (χ3v) is 3.16. The topological polar surface area (TPSA) is 91.3 Å². The summed E-state index contributed by atoms with van der Waals surface area (Å²) in [5.74, 6) is -0.530. The molecule has 1 heterocycles. The molecule has 3 aromatic rings. The van der Waals surface area contributed by atoms with Gasteiger partial charge in [-0.2, -0.15) is 0 Å². The molecule has 0 saturated carbocycles. The predicted octanol–water partition coefficient (Wildman–Crippen LogP) is 3.82. The van der Waals surface area contributed by atoms with E-state index < -0.39 is 10.7 Å². The summed E-state index contributed by atoms with van der Waals surface area (Å²) in [5, 5.41) is 17.9. The van der Waals surface area contributed by atoms with Gasteiger partial charge in [-0.25, -0.2) is 9.02 Å². The highest BCUT2D eigenvalue weighted by molar-refractivity contribution is 9.10. The van der Waals surface area contributed by atoms with E-state index in [9.17, 15) is 14.5 Å². The average molecular weight is 354 g/mol. The molecule has 1 aromatic heterocycles. The highest BCUT2D eigenvalue weighted by atomic mass is 79.9. The molecular formula is C12H5BrFN3O4. The molecule has 0 aliphatic carbocycles. The van der Waals surface area contributed by atoms with Crippen LogP contribution in [0, 0.1) is 15.9 Å². The van der Waals surface area contributed by atoms with Crippen molar-refractivity contribution in [3.8, 4) is 11.5 Å².